The Hall–Kier alpha value is -1.38. The third-order valence-electron chi connectivity index (χ3n) is 1.14. The number of rotatable bonds is 1. The standard InChI is InChI=1S/C8H8FNO.2C2H6/c1-6(11)10-8-4-2-3-7(9)5-8;2*1-2/h2-5H,1H3,(H,10,11);2*1-2H3. The van der Waals surface area contributed by atoms with Crippen LogP contribution in [0.25, 0.3) is 0 Å². The molecule has 0 spiro atoms. The van der Waals surface area contributed by atoms with Gasteiger partial charge >= 0.3 is 0 Å². The molecule has 0 atom stereocenters. The van der Waals surface area contributed by atoms with Gasteiger partial charge in [0.2, 0.25) is 5.91 Å². The van der Waals surface area contributed by atoms with E-state index in [1.54, 1.807) is 12.1 Å². The van der Waals surface area contributed by atoms with Crippen molar-refractivity contribution in [1.82, 2.24) is 0 Å². The largest absolute Gasteiger partial charge is 0.326 e. The maximum absolute atomic E-state index is 12.5. The van der Waals surface area contributed by atoms with Gasteiger partial charge in [0.05, 0.1) is 0 Å². The van der Waals surface area contributed by atoms with E-state index in [4.69, 9.17) is 0 Å². The first-order chi connectivity index (χ1) is 7.18. The summed E-state index contributed by atoms with van der Waals surface area (Å²) in [5.74, 6) is -0.549. The Balaban J connectivity index is 0. The molecule has 1 aromatic carbocycles. The van der Waals surface area contributed by atoms with Crippen LogP contribution in [0.15, 0.2) is 24.3 Å². The van der Waals surface area contributed by atoms with E-state index in [1.807, 2.05) is 27.7 Å². The second kappa shape index (κ2) is 10.7. The van der Waals surface area contributed by atoms with Crippen molar-refractivity contribution >= 4 is 11.6 Å². The molecule has 0 fully saturated rings. The second-order valence-electron chi connectivity index (χ2n) is 2.19. The van der Waals surface area contributed by atoms with Crippen molar-refractivity contribution < 1.29 is 9.18 Å². The molecule has 1 aromatic rings. The van der Waals surface area contributed by atoms with Gasteiger partial charge in [-0.15, -0.1) is 0 Å². The van der Waals surface area contributed by atoms with Gasteiger partial charge in [0.15, 0.2) is 0 Å². The molecule has 0 aromatic heterocycles. The quantitative estimate of drug-likeness (QED) is 0.754. The number of carbonyl (C=O) groups is 1. The van der Waals surface area contributed by atoms with E-state index in [2.05, 4.69) is 5.32 Å². The van der Waals surface area contributed by atoms with E-state index in [0.717, 1.165) is 0 Å². The number of anilines is 1. The van der Waals surface area contributed by atoms with Gasteiger partial charge in [-0.3, -0.25) is 4.79 Å². The Labute approximate surface area is 91.5 Å². The lowest BCUT2D eigenvalue weighted by Crippen LogP contribution is -2.05. The molecule has 0 saturated carbocycles. The number of halogens is 1. The first kappa shape index (κ1) is 16.1. The summed E-state index contributed by atoms with van der Waals surface area (Å²) >= 11 is 0. The fourth-order valence-corrected chi connectivity index (χ4v) is 0.769. The number of nitrogens with one attached hydrogen (secondary N) is 1. The summed E-state index contributed by atoms with van der Waals surface area (Å²) in [6.07, 6.45) is 0. The van der Waals surface area contributed by atoms with Gasteiger partial charge in [0.25, 0.3) is 0 Å². The predicted octanol–water partition coefficient (Wildman–Crippen LogP) is 3.84. The van der Waals surface area contributed by atoms with Crippen molar-refractivity contribution in [2.24, 2.45) is 0 Å². The molecule has 15 heavy (non-hydrogen) atoms. The van der Waals surface area contributed by atoms with Crippen molar-refractivity contribution in [2.45, 2.75) is 34.6 Å². The monoisotopic (exact) mass is 213 g/mol. The average Bonchev–Trinajstić information content (AvgIpc) is 2.23. The minimum atomic E-state index is -0.351. The minimum Gasteiger partial charge on any atom is -0.326 e. The predicted molar refractivity (Wildman–Crippen MR) is 63.4 cm³/mol. The lowest BCUT2D eigenvalue weighted by atomic mass is 10.3. The van der Waals surface area contributed by atoms with Crippen LogP contribution in [0.2, 0.25) is 0 Å². The third kappa shape index (κ3) is 8.94. The first-order valence-corrected chi connectivity index (χ1v) is 5.21. The molecule has 0 aliphatic heterocycles. The van der Waals surface area contributed by atoms with E-state index in [1.165, 1.54) is 19.1 Å². The van der Waals surface area contributed by atoms with Crippen molar-refractivity contribution in [1.29, 1.82) is 0 Å². The van der Waals surface area contributed by atoms with Gasteiger partial charge in [-0.1, -0.05) is 33.8 Å². The SMILES string of the molecule is CC.CC.CC(=O)Nc1cccc(F)c1. The average molecular weight is 213 g/mol. The van der Waals surface area contributed by atoms with Crippen molar-refractivity contribution in [2.75, 3.05) is 5.32 Å². The molecule has 86 valence electrons. The van der Waals surface area contributed by atoms with Crippen molar-refractivity contribution in [3.05, 3.63) is 30.1 Å². The molecule has 1 amide bonds. The fraction of sp³-hybridized carbons (Fsp3) is 0.417. The van der Waals surface area contributed by atoms with Crippen LogP contribution in [0.5, 0.6) is 0 Å². The second-order valence-corrected chi connectivity index (χ2v) is 2.19. The minimum absolute atomic E-state index is 0.199. The highest BCUT2D eigenvalue weighted by Crippen LogP contribution is 2.08. The summed E-state index contributed by atoms with van der Waals surface area (Å²) in [6.45, 7) is 9.38. The topological polar surface area (TPSA) is 29.1 Å². The van der Waals surface area contributed by atoms with Gasteiger partial charge in [-0.25, -0.2) is 4.39 Å². The fourth-order valence-electron chi connectivity index (χ4n) is 0.769. The van der Waals surface area contributed by atoms with E-state index in [9.17, 15) is 9.18 Å². The maximum Gasteiger partial charge on any atom is 0.221 e. The molecule has 3 heteroatoms. The van der Waals surface area contributed by atoms with Crippen LogP contribution >= 0.6 is 0 Å². The van der Waals surface area contributed by atoms with Gasteiger partial charge < -0.3 is 5.32 Å². The molecule has 0 aliphatic rings. The van der Waals surface area contributed by atoms with Crippen LogP contribution in [-0.4, -0.2) is 5.91 Å². The van der Waals surface area contributed by atoms with Gasteiger partial charge in [-0.05, 0) is 18.2 Å². The van der Waals surface area contributed by atoms with E-state index < -0.39 is 0 Å². The van der Waals surface area contributed by atoms with Crippen molar-refractivity contribution in [3.63, 3.8) is 0 Å². The summed E-state index contributed by atoms with van der Waals surface area (Å²) in [4.78, 5) is 10.5. The van der Waals surface area contributed by atoms with Crippen LogP contribution in [0.1, 0.15) is 34.6 Å². The molecule has 0 unspecified atom stereocenters. The summed E-state index contributed by atoms with van der Waals surface area (Å²) in [5, 5.41) is 2.47. The molecular formula is C12H20FNO. The lowest BCUT2D eigenvalue weighted by Gasteiger charge is -1.99. The van der Waals surface area contributed by atoms with E-state index >= 15 is 0 Å². The summed E-state index contributed by atoms with van der Waals surface area (Å²) in [6, 6.07) is 5.76. The Bertz CT molecular complexity index is 274. The number of amides is 1. The summed E-state index contributed by atoms with van der Waals surface area (Å²) in [7, 11) is 0. The molecule has 0 heterocycles. The van der Waals surface area contributed by atoms with Crippen molar-refractivity contribution in [3.8, 4) is 0 Å². The summed E-state index contributed by atoms with van der Waals surface area (Å²) in [5.41, 5.74) is 0.484. The highest BCUT2D eigenvalue weighted by atomic mass is 19.1. The highest BCUT2D eigenvalue weighted by Gasteiger charge is 1.95. The van der Waals surface area contributed by atoms with Crippen LogP contribution in [0.3, 0.4) is 0 Å². The molecule has 0 saturated heterocycles. The molecule has 1 N–H and O–H groups in total. The van der Waals surface area contributed by atoms with E-state index in [-0.39, 0.29) is 11.7 Å². The summed E-state index contributed by atoms with van der Waals surface area (Å²) < 4.78 is 12.5. The maximum atomic E-state index is 12.5. The molecule has 0 radical (unpaired) electrons. The highest BCUT2D eigenvalue weighted by molar-refractivity contribution is 5.88. The third-order valence-corrected chi connectivity index (χ3v) is 1.14. The van der Waals surface area contributed by atoms with Gasteiger partial charge in [0.1, 0.15) is 5.82 Å². The molecule has 1 rings (SSSR count). The normalized spacial score (nSPS) is 7.60. The van der Waals surface area contributed by atoms with Gasteiger partial charge in [0, 0.05) is 12.6 Å². The van der Waals surface area contributed by atoms with Crippen LogP contribution < -0.4 is 5.32 Å². The molecule has 0 aliphatic carbocycles. The number of hydrogen-bond acceptors (Lipinski definition) is 1. The lowest BCUT2D eigenvalue weighted by molar-refractivity contribution is -0.114. The number of carbonyl (C=O) groups excluding carboxylic acids is 1. The van der Waals surface area contributed by atoms with Crippen LogP contribution in [-0.2, 0) is 4.79 Å². The van der Waals surface area contributed by atoms with Crippen LogP contribution in [0, 0.1) is 5.82 Å². The Kier molecular flexibility index (Phi) is 11.5. The Morgan fingerprint density at radius 2 is 1.73 bits per heavy atom. The molecule has 0 bridgehead atoms. The number of benzene rings is 1. The van der Waals surface area contributed by atoms with Gasteiger partial charge in [-0.2, -0.15) is 0 Å². The zero-order chi connectivity index (χ0) is 12.3. The van der Waals surface area contributed by atoms with E-state index in [0.29, 0.717) is 5.69 Å². The zero-order valence-electron chi connectivity index (χ0n) is 10.1. The molecular weight excluding hydrogens is 193 g/mol. The number of hydrogen-bond donors (Lipinski definition) is 1. The Morgan fingerprint density at radius 3 is 2.13 bits per heavy atom. The molecule has 2 nitrogen and oxygen atoms in total. The smallest absolute Gasteiger partial charge is 0.221 e. The van der Waals surface area contributed by atoms with Crippen LogP contribution in [0.4, 0.5) is 10.1 Å². The zero-order valence-corrected chi connectivity index (χ0v) is 10.1. The Morgan fingerprint density at radius 1 is 1.20 bits per heavy atom. The first-order valence-electron chi connectivity index (χ1n) is 5.21.